The lowest BCUT2D eigenvalue weighted by atomic mass is 10.1. The van der Waals surface area contributed by atoms with E-state index in [4.69, 9.17) is 18.9 Å². The largest absolute Gasteiger partial charge is 0.497 e. The molecule has 29 heavy (non-hydrogen) atoms. The zero-order valence-corrected chi connectivity index (χ0v) is 15.4. The van der Waals surface area contributed by atoms with E-state index in [9.17, 15) is 23.7 Å². The molecule has 0 aromatic heterocycles. The van der Waals surface area contributed by atoms with Gasteiger partial charge < -0.3 is 23.7 Å². The molecule has 0 bridgehead atoms. The van der Waals surface area contributed by atoms with Crippen LogP contribution in [0, 0.1) is 10.1 Å². The molecule has 0 amide bonds. The van der Waals surface area contributed by atoms with Crippen molar-refractivity contribution in [1.29, 1.82) is 0 Å². The van der Waals surface area contributed by atoms with Gasteiger partial charge in [-0.3, -0.25) is 10.1 Å². The Labute approximate surface area is 163 Å². The molecule has 156 valence electrons. The molecular formula is C18H17F2NO8. The molecule has 0 fully saturated rings. The van der Waals surface area contributed by atoms with Crippen molar-refractivity contribution in [2.24, 2.45) is 0 Å². The van der Waals surface area contributed by atoms with E-state index in [0.29, 0.717) is 11.5 Å². The summed E-state index contributed by atoms with van der Waals surface area (Å²) in [5.41, 5.74) is -0.628. The Morgan fingerprint density at radius 3 is 2.28 bits per heavy atom. The van der Waals surface area contributed by atoms with Crippen LogP contribution in [0.3, 0.4) is 0 Å². The van der Waals surface area contributed by atoms with E-state index in [-0.39, 0.29) is 11.3 Å². The van der Waals surface area contributed by atoms with E-state index in [1.807, 2.05) is 0 Å². The van der Waals surface area contributed by atoms with Crippen LogP contribution in [-0.4, -0.2) is 38.3 Å². The van der Waals surface area contributed by atoms with E-state index in [2.05, 4.69) is 4.74 Å². The number of methoxy groups -OCH3 is 2. The molecule has 0 spiro atoms. The summed E-state index contributed by atoms with van der Waals surface area (Å²) in [4.78, 5) is 22.3. The summed E-state index contributed by atoms with van der Waals surface area (Å²) in [5, 5.41) is 11.2. The van der Waals surface area contributed by atoms with Crippen LogP contribution < -0.4 is 18.9 Å². The van der Waals surface area contributed by atoms with Gasteiger partial charge in [0.1, 0.15) is 18.1 Å². The number of nitro benzene ring substituents is 1. The van der Waals surface area contributed by atoms with Crippen LogP contribution in [0.25, 0.3) is 0 Å². The van der Waals surface area contributed by atoms with Gasteiger partial charge in [-0.15, -0.1) is 0 Å². The number of alkyl halides is 2. The third-order valence-corrected chi connectivity index (χ3v) is 3.58. The Balaban J connectivity index is 2.03. The predicted octanol–water partition coefficient (Wildman–Crippen LogP) is 3.34. The first-order chi connectivity index (χ1) is 13.8. The minimum Gasteiger partial charge on any atom is -0.497 e. The second-order valence-corrected chi connectivity index (χ2v) is 5.39. The van der Waals surface area contributed by atoms with Crippen molar-refractivity contribution in [2.45, 2.75) is 13.2 Å². The van der Waals surface area contributed by atoms with E-state index < -0.39 is 42.2 Å². The van der Waals surface area contributed by atoms with Gasteiger partial charge in [0.25, 0.3) is 5.69 Å². The van der Waals surface area contributed by atoms with Crippen molar-refractivity contribution >= 4 is 11.7 Å². The summed E-state index contributed by atoms with van der Waals surface area (Å²) in [5.74, 6) is -0.463. The smallest absolute Gasteiger partial charge is 0.387 e. The number of nitro groups is 1. The average Bonchev–Trinajstić information content (AvgIpc) is 2.70. The van der Waals surface area contributed by atoms with Crippen molar-refractivity contribution in [3.8, 4) is 23.0 Å². The van der Waals surface area contributed by atoms with Gasteiger partial charge in [-0.25, -0.2) is 4.79 Å². The van der Waals surface area contributed by atoms with Crippen molar-refractivity contribution in [1.82, 2.24) is 0 Å². The number of benzene rings is 2. The summed E-state index contributed by atoms with van der Waals surface area (Å²) in [6.07, 6.45) is 0. The second kappa shape index (κ2) is 10.1. The van der Waals surface area contributed by atoms with Crippen LogP contribution in [0.5, 0.6) is 23.0 Å². The monoisotopic (exact) mass is 413 g/mol. The van der Waals surface area contributed by atoms with Gasteiger partial charge in [0.05, 0.1) is 30.8 Å². The van der Waals surface area contributed by atoms with Crippen LogP contribution >= 0.6 is 0 Å². The van der Waals surface area contributed by atoms with Gasteiger partial charge in [0.2, 0.25) is 0 Å². The maximum absolute atomic E-state index is 12.5. The first-order valence-corrected chi connectivity index (χ1v) is 8.06. The van der Waals surface area contributed by atoms with Gasteiger partial charge in [-0.1, -0.05) is 0 Å². The number of ether oxygens (including phenoxy) is 5. The quantitative estimate of drug-likeness (QED) is 0.332. The molecule has 0 radical (unpaired) electrons. The van der Waals surface area contributed by atoms with Crippen molar-refractivity contribution in [2.75, 3.05) is 20.8 Å². The van der Waals surface area contributed by atoms with Crippen LogP contribution in [0.2, 0.25) is 0 Å². The zero-order chi connectivity index (χ0) is 21.4. The summed E-state index contributed by atoms with van der Waals surface area (Å²) in [6.45, 7) is -4.13. The van der Waals surface area contributed by atoms with Gasteiger partial charge >= 0.3 is 12.6 Å². The zero-order valence-electron chi connectivity index (χ0n) is 15.4. The molecule has 0 aliphatic carbocycles. The molecule has 11 heteroatoms. The molecule has 2 aromatic carbocycles. The van der Waals surface area contributed by atoms with Gasteiger partial charge in [0, 0.05) is 0 Å². The van der Waals surface area contributed by atoms with E-state index in [0.717, 1.165) is 12.1 Å². The topological polar surface area (TPSA) is 106 Å². The van der Waals surface area contributed by atoms with Crippen molar-refractivity contribution < 1.29 is 42.2 Å². The van der Waals surface area contributed by atoms with Gasteiger partial charge in [-0.05, 0) is 30.3 Å². The van der Waals surface area contributed by atoms with Gasteiger partial charge in [-0.2, -0.15) is 8.78 Å². The molecule has 0 N–H and O–H groups in total. The van der Waals surface area contributed by atoms with E-state index >= 15 is 0 Å². The SMILES string of the molecule is COc1ccc(OCC(=O)OCc2cc(OC)c(OC(F)F)cc2[N+](=O)[O-])cc1. The molecule has 0 unspecified atom stereocenters. The lowest BCUT2D eigenvalue weighted by Gasteiger charge is -2.12. The highest BCUT2D eigenvalue weighted by molar-refractivity contribution is 5.71. The maximum atomic E-state index is 12.5. The molecule has 0 aliphatic rings. The number of carbonyl (C=O) groups is 1. The number of hydrogen-bond acceptors (Lipinski definition) is 8. The molecule has 0 saturated carbocycles. The highest BCUT2D eigenvalue weighted by Crippen LogP contribution is 2.36. The Morgan fingerprint density at radius 2 is 1.72 bits per heavy atom. The summed E-state index contributed by atoms with van der Waals surface area (Å²) >= 11 is 0. The lowest BCUT2D eigenvalue weighted by Crippen LogP contribution is -2.15. The Hall–Kier alpha value is -3.63. The first-order valence-electron chi connectivity index (χ1n) is 8.06. The molecule has 2 aromatic rings. The highest BCUT2D eigenvalue weighted by Gasteiger charge is 2.22. The van der Waals surface area contributed by atoms with Crippen molar-refractivity contribution in [3.63, 3.8) is 0 Å². The minimum atomic E-state index is -3.19. The number of hydrogen-bond donors (Lipinski definition) is 0. The minimum absolute atomic E-state index is 0.0636. The van der Waals surface area contributed by atoms with Gasteiger partial charge in [0.15, 0.2) is 18.1 Å². The first kappa shape index (κ1) is 21.7. The van der Waals surface area contributed by atoms with Crippen LogP contribution in [0.4, 0.5) is 14.5 Å². The van der Waals surface area contributed by atoms with E-state index in [1.165, 1.54) is 14.2 Å². The summed E-state index contributed by atoms with van der Waals surface area (Å²) < 4.78 is 49.2. The molecule has 0 heterocycles. The number of halogens is 2. The number of esters is 1. The van der Waals surface area contributed by atoms with Crippen LogP contribution in [-0.2, 0) is 16.1 Å². The second-order valence-electron chi connectivity index (χ2n) is 5.39. The van der Waals surface area contributed by atoms with Crippen LogP contribution in [0.1, 0.15) is 5.56 Å². The average molecular weight is 413 g/mol. The summed E-state index contributed by atoms with van der Waals surface area (Å²) in [7, 11) is 2.69. The Kier molecular flexibility index (Phi) is 7.52. The predicted molar refractivity (Wildman–Crippen MR) is 94.6 cm³/mol. The van der Waals surface area contributed by atoms with Crippen LogP contribution in [0.15, 0.2) is 36.4 Å². The number of nitrogens with zero attached hydrogens (tertiary/aromatic N) is 1. The fourth-order valence-electron chi connectivity index (χ4n) is 2.24. The Morgan fingerprint density at radius 1 is 1.07 bits per heavy atom. The molecule has 9 nitrogen and oxygen atoms in total. The third kappa shape index (κ3) is 6.19. The standard InChI is InChI=1S/C18H17F2NO8/c1-25-12-3-5-13(6-4-12)27-10-17(22)28-9-11-7-15(26-2)16(29-18(19)20)8-14(11)21(23)24/h3-8,18H,9-10H2,1-2H3. The van der Waals surface area contributed by atoms with Crippen molar-refractivity contribution in [3.05, 3.63) is 52.1 Å². The lowest BCUT2D eigenvalue weighted by molar-refractivity contribution is -0.386. The normalized spacial score (nSPS) is 10.4. The molecule has 0 atom stereocenters. The molecule has 0 aliphatic heterocycles. The fourth-order valence-corrected chi connectivity index (χ4v) is 2.24. The molecular weight excluding hydrogens is 396 g/mol. The number of rotatable bonds is 10. The summed E-state index contributed by atoms with van der Waals surface area (Å²) in [6, 6.07) is 8.32. The highest BCUT2D eigenvalue weighted by atomic mass is 19.3. The molecule has 2 rings (SSSR count). The Bertz CT molecular complexity index is 858. The number of carbonyl (C=O) groups excluding carboxylic acids is 1. The fraction of sp³-hybridized carbons (Fsp3) is 0.278. The van der Waals surface area contributed by atoms with E-state index in [1.54, 1.807) is 24.3 Å². The third-order valence-electron chi connectivity index (χ3n) is 3.58. The molecule has 0 saturated heterocycles. The maximum Gasteiger partial charge on any atom is 0.387 e.